The number of rotatable bonds is 2. The molecular formula is C11H13Br. The molecule has 0 amide bonds. The normalized spacial score (nSPS) is 12.2. The molecule has 0 saturated carbocycles. The van der Waals surface area contributed by atoms with Crippen molar-refractivity contribution in [2.45, 2.75) is 13.8 Å². The van der Waals surface area contributed by atoms with E-state index in [-0.39, 0.29) is 0 Å². The molecule has 0 heterocycles. The van der Waals surface area contributed by atoms with Crippen LogP contribution in [0.3, 0.4) is 0 Å². The molecule has 0 atom stereocenters. The SMILES string of the molecule is CC(C)/C(=C/Br)c1ccccc1. The summed E-state index contributed by atoms with van der Waals surface area (Å²) in [5, 5.41) is 0. The first-order valence-corrected chi connectivity index (χ1v) is 5.03. The predicted octanol–water partition coefficient (Wildman–Crippen LogP) is 4.08. The van der Waals surface area contributed by atoms with E-state index < -0.39 is 0 Å². The third-order valence-electron chi connectivity index (χ3n) is 1.85. The molecule has 0 spiro atoms. The van der Waals surface area contributed by atoms with Crippen LogP contribution in [0.1, 0.15) is 19.4 Å². The molecule has 0 saturated heterocycles. The Morgan fingerprint density at radius 2 is 1.83 bits per heavy atom. The van der Waals surface area contributed by atoms with Crippen molar-refractivity contribution in [1.29, 1.82) is 0 Å². The summed E-state index contributed by atoms with van der Waals surface area (Å²) in [7, 11) is 0. The largest absolute Gasteiger partial charge is 0.0622 e. The van der Waals surface area contributed by atoms with Gasteiger partial charge in [0.15, 0.2) is 0 Å². The Morgan fingerprint density at radius 3 is 2.25 bits per heavy atom. The fourth-order valence-electron chi connectivity index (χ4n) is 1.15. The number of hydrogen-bond donors (Lipinski definition) is 0. The molecule has 0 aromatic heterocycles. The highest BCUT2D eigenvalue weighted by molar-refractivity contribution is 9.11. The molecule has 64 valence electrons. The molecule has 0 aliphatic rings. The first-order valence-electron chi connectivity index (χ1n) is 4.11. The molecule has 12 heavy (non-hydrogen) atoms. The summed E-state index contributed by atoms with van der Waals surface area (Å²) in [6, 6.07) is 10.4. The Kier molecular flexibility index (Phi) is 3.54. The van der Waals surface area contributed by atoms with Gasteiger partial charge in [0, 0.05) is 0 Å². The molecule has 0 aliphatic carbocycles. The third kappa shape index (κ3) is 2.21. The van der Waals surface area contributed by atoms with Gasteiger partial charge >= 0.3 is 0 Å². The second-order valence-corrected chi connectivity index (χ2v) is 3.54. The van der Waals surface area contributed by atoms with Crippen molar-refractivity contribution in [3.8, 4) is 0 Å². The Morgan fingerprint density at radius 1 is 1.25 bits per heavy atom. The third-order valence-corrected chi connectivity index (χ3v) is 2.34. The maximum Gasteiger partial charge on any atom is -0.0148 e. The minimum atomic E-state index is 0.562. The molecule has 0 aliphatic heterocycles. The molecule has 0 N–H and O–H groups in total. The summed E-state index contributed by atoms with van der Waals surface area (Å²) in [5.74, 6) is 0.562. The molecule has 0 unspecified atom stereocenters. The van der Waals surface area contributed by atoms with Crippen LogP contribution in [0.25, 0.3) is 5.57 Å². The van der Waals surface area contributed by atoms with Crippen molar-refractivity contribution < 1.29 is 0 Å². The monoisotopic (exact) mass is 224 g/mol. The lowest BCUT2D eigenvalue weighted by Crippen LogP contribution is -1.91. The Bertz CT molecular complexity index is 260. The summed E-state index contributed by atoms with van der Waals surface area (Å²) in [5.41, 5.74) is 2.64. The van der Waals surface area contributed by atoms with Gasteiger partial charge in [-0.1, -0.05) is 60.1 Å². The fraction of sp³-hybridized carbons (Fsp3) is 0.273. The Hall–Kier alpha value is -0.560. The van der Waals surface area contributed by atoms with Crippen LogP contribution in [0.4, 0.5) is 0 Å². The summed E-state index contributed by atoms with van der Waals surface area (Å²) >= 11 is 3.39. The summed E-state index contributed by atoms with van der Waals surface area (Å²) in [6.07, 6.45) is 0. The average Bonchev–Trinajstić information content (AvgIpc) is 2.07. The van der Waals surface area contributed by atoms with E-state index in [9.17, 15) is 0 Å². The molecule has 0 radical (unpaired) electrons. The molecule has 1 aromatic rings. The number of allylic oxidation sites excluding steroid dienone is 1. The second kappa shape index (κ2) is 4.46. The zero-order chi connectivity index (χ0) is 8.97. The molecule has 1 rings (SSSR count). The zero-order valence-corrected chi connectivity index (χ0v) is 9.01. The van der Waals surface area contributed by atoms with Gasteiger partial charge in [-0.3, -0.25) is 0 Å². The van der Waals surface area contributed by atoms with E-state index >= 15 is 0 Å². The van der Waals surface area contributed by atoms with Gasteiger partial charge in [-0.25, -0.2) is 0 Å². The van der Waals surface area contributed by atoms with Crippen LogP contribution in [0.5, 0.6) is 0 Å². The van der Waals surface area contributed by atoms with Crippen molar-refractivity contribution in [2.75, 3.05) is 0 Å². The molecule has 1 heteroatoms. The van der Waals surface area contributed by atoms with Crippen molar-refractivity contribution in [3.63, 3.8) is 0 Å². The number of halogens is 1. The lowest BCUT2D eigenvalue weighted by atomic mass is 9.97. The van der Waals surface area contributed by atoms with Gasteiger partial charge in [0.05, 0.1) is 0 Å². The minimum absolute atomic E-state index is 0.562. The molecule has 0 nitrogen and oxygen atoms in total. The number of benzene rings is 1. The first kappa shape index (κ1) is 9.53. The molecule has 1 aromatic carbocycles. The first-order chi connectivity index (χ1) is 5.75. The lowest BCUT2D eigenvalue weighted by Gasteiger charge is -2.09. The highest BCUT2D eigenvalue weighted by atomic mass is 79.9. The lowest BCUT2D eigenvalue weighted by molar-refractivity contribution is 0.857. The molecule has 0 bridgehead atoms. The highest BCUT2D eigenvalue weighted by Crippen LogP contribution is 2.23. The summed E-state index contributed by atoms with van der Waals surface area (Å²) in [6.45, 7) is 4.39. The van der Waals surface area contributed by atoms with Crippen molar-refractivity contribution in [1.82, 2.24) is 0 Å². The molecular weight excluding hydrogens is 212 g/mol. The van der Waals surface area contributed by atoms with Crippen LogP contribution in [-0.2, 0) is 0 Å². The van der Waals surface area contributed by atoms with Gasteiger partial charge in [0.1, 0.15) is 0 Å². The minimum Gasteiger partial charge on any atom is -0.0622 e. The summed E-state index contributed by atoms with van der Waals surface area (Å²) in [4.78, 5) is 2.01. The van der Waals surface area contributed by atoms with E-state index in [4.69, 9.17) is 0 Å². The quantitative estimate of drug-likeness (QED) is 0.711. The van der Waals surface area contributed by atoms with Crippen LogP contribution in [-0.4, -0.2) is 0 Å². The van der Waals surface area contributed by atoms with E-state index in [1.807, 2.05) is 11.1 Å². The van der Waals surface area contributed by atoms with Crippen molar-refractivity contribution in [3.05, 3.63) is 40.9 Å². The maximum atomic E-state index is 3.39. The maximum absolute atomic E-state index is 3.39. The zero-order valence-electron chi connectivity index (χ0n) is 7.42. The van der Waals surface area contributed by atoms with Crippen molar-refractivity contribution >= 4 is 21.5 Å². The highest BCUT2D eigenvalue weighted by Gasteiger charge is 2.03. The smallest absolute Gasteiger partial charge is 0.0148 e. The summed E-state index contributed by atoms with van der Waals surface area (Å²) < 4.78 is 0. The predicted molar refractivity (Wildman–Crippen MR) is 58.2 cm³/mol. The Balaban J connectivity index is 2.97. The standard InChI is InChI=1S/C11H13Br/c1-9(2)11(8-12)10-6-4-3-5-7-10/h3-9H,1-2H3/b11-8-. The van der Waals surface area contributed by atoms with E-state index in [0.717, 1.165) is 0 Å². The van der Waals surface area contributed by atoms with Crippen LogP contribution < -0.4 is 0 Å². The number of hydrogen-bond acceptors (Lipinski definition) is 0. The van der Waals surface area contributed by atoms with Crippen LogP contribution in [0.2, 0.25) is 0 Å². The van der Waals surface area contributed by atoms with Crippen LogP contribution >= 0.6 is 15.9 Å². The van der Waals surface area contributed by atoms with Gasteiger partial charge in [0.2, 0.25) is 0 Å². The second-order valence-electron chi connectivity index (χ2n) is 3.09. The van der Waals surface area contributed by atoms with Gasteiger partial charge in [-0.15, -0.1) is 0 Å². The van der Waals surface area contributed by atoms with Crippen LogP contribution in [0.15, 0.2) is 35.3 Å². The van der Waals surface area contributed by atoms with Crippen molar-refractivity contribution in [2.24, 2.45) is 5.92 Å². The van der Waals surface area contributed by atoms with Gasteiger partial charge in [-0.2, -0.15) is 0 Å². The van der Waals surface area contributed by atoms with Gasteiger partial charge < -0.3 is 0 Å². The van der Waals surface area contributed by atoms with E-state index in [1.165, 1.54) is 11.1 Å². The van der Waals surface area contributed by atoms with E-state index in [0.29, 0.717) is 5.92 Å². The van der Waals surface area contributed by atoms with Gasteiger partial charge in [-0.05, 0) is 22.0 Å². The topological polar surface area (TPSA) is 0 Å². The van der Waals surface area contributed by atoms with E-state index in [2.05, 4.69) is 54.0 Å². The van der Waals surface area contributed by atoms with E-state index in [1.54, 1.807) is 0 Å². The Labute approximate surface area is 82.4 Å². The average molecular weight is 225 g/mol. The van der Waals surface area contributed by atoms with Crippen LogP contribution in [0, 0.1) is 5.92 Å². The fourth-order valence-corrected chi connectivity index (χ4v) is 1.95. The van der Waals surface area contributed by atoms with Gasteiger partial charge in [0.25, 0.3) is 0 Å². The molecule has 0 fully saturated rings.